The van der Waals surface area contributed by atoms with Crippen LogP contribution in [0.15, 0.2) is 28.7 Å². The highest BCUT2D eigenvalue weighted by atomic mass is 79.9. The van der Waals surface area contributed by atoms with Crippen molar-refractivity contribution < 1.29 is 14.7 Å². The molecule has 0 spiro atoms. The van der Waals surface area contributed by atoms with Gasteiger partial charge in [0.1, 0.15) is 0 Å². The number of carbonyl (C=O) groups is 2. The van der Waals surface area contributed by atoms with E-state index in [0.717, 1.165) is 4.47 Å². The van der Waals surface area contributed by atoms with Crippen LogP contribution in [0.25, 0.3) is 0 Å². The van der Waals surface area contributed by atoms with Crippen molar-refractivity contribution in [3.63, 3.8) is 0 Å². The van der Waals surface area contributed by atoms with Crippen LogP contribution in [0, 0.1) is 0 Å². The van der Waals surface area contributed by atoms with Gasteiger partial charge < -0.3 is 15.7 Å². The normalized spacial score (nSPS) is 11.7. The molecule has 0 aromatic heterocycles. The molecule has 19 heavy (non-hydrogen) atoms. The van der Waals surface area contributed by atoms with E-state index >= 15 is 0 Å². The number of aliphatic hydroxyl groups is 1. The van der Waals surface area contributed by atoms with Crippen molar-refractivity contribution in [2.45, 2.75) is 19.4 Å². The molecule has 0 aliphatic carbocycles. The predicted octanol–water partition coefficient (Wildman–Crippen LogP) is 1.07. The molecule has 0 heterocycles. The molecule has 1 aromatic rings. The molecule has 1 atom stereocenters. The monoisotopic (exact) mass is 328 g/mol. The molecule has 5 nitrogen and oxygen atoms in total. The van der Waals surface area contributed by atoms with Crippen LogP contribution in [0.1, 0.15) is 23.7 Å². The number of nitrogens with one attached hydrogen (secondary N) is 2. The molecule has 0 fully saturated rings. The number of hydrogen-bond donors (Lipinski definition) is 3. The zero-order valence-corrected chi connectivity index (χ0v) is 12.2. The zero-order valence-electron chi connectivity index (χ0n) is 10.6. The van der Waals surface area contributed by atoms with E-state index in [4.69, 9.17) is 5.11 Å². The first-order valence-electron chi connectivity index (χ1n) is 6.00. The third kappa shape index (κ3) is 5.40. The van der Waals surface area contributed by atoms with Crippen molar-refractivity contribution in [1.82, 2.24) is 10.6 Å². The second-order valence-corrected chi connectivity index (χ2v) is 4.96. The molecule has 0 saturated carbocycles. The Kier molecular flexibility index (Phi) is 6.52. The van der Waals surface area contributed by atoms with Crippen molar-refractivity contribution in [2.75, 3.05) is 13.2 Å². The maximum atomic E-state index is 11.7. The molecule has 0 saturated heterocycles. The van der Waals surface area contributed by atoms with Gasteiger partial charge in [-0.2, -0.15) is 0 Å². The van der Waals surface area contributed by atoms with Crippen LogP contribution in [0.2, 0.25) is 0 Å². The second-order valence-electron chi connectivity index (χ2n) is 4.04. The first kappa shape index (κ1) is 15.7. The third-order valence-corrected chi connectivity index (χ3v) is 3.12. The highest BCUT2D eigenvalue weighted by Gasteiger charge is 2.11. The topological polar surface area (TPSA) is 78.4 Å². The van der Waals surface area contributed by atoms with E-state index in [2.05, 4.69) is 26.6 Å². The zero-order chi connectivity index (χ0) is 14.3. The minimum absolute atomic E-state index is 0.106. The summed E-state index contributed by atoms with van der Waals surface area (Å²) in [7, 11) is 0. The van der Waals surface area contributed by atoms with Gasteiger partial charge in [0.15, 0.2) is 0 Å². The van der Waals surface area contributed by atoms with Gasteiger partial charge in [-0.1, -0.05) is 22.9 Å². The van der Waals surface area contributed by atoms with Crippen molar-refractivity contribution in [3.8, 4) is 0 Å². The van der Waals surface area contributed by atoms with E-state index in [1.54, 1.807) is 24.3 Å². The summed E-state index contributed by atoms with van der Waals surface area (Å²) in [5.41, 5.74) is 0.491. The lowest BCUT2D eigenvalue weighted by molar-refractivity contribution is -0.121. The van der Waals surface area contributed by atoms with Gasteiger partial charge in [-0.3, -0.25) is 9.59 Å². The van der Waals surface area contributed by atoms with Crippen LogP contribution in [-0.2, 0) is 4.79 Å². The van der Waals surface area contributed by atoms with Gasteiger partial charge in [0.25, 0.3) is 5.91 Å². The van der Waals surface area contributed by atoms with Crippen LogP contribution in [0.5, 0.6) is 0 Å². The summed E-state index contributed by atoms with van der Waals surface area (Å²) >= 11 is 3.28. The first-order chi connectivity index (χ1) is 9.06. The molecule has 2 amide bonds. The Hall–Kier alpha value is -1.40. The number of hydrogen-bond acceptors (Lipinski definition) is 3. The second kappa shape index (κ2) is 7.91. The maximum Gasteiger partial charge on any atom is 0.251 e. The first-order valence-corrected chi connectivity index (χ1v) is 6.80. The molecule has 0 bridgehead atoms. The number of aliphatic hydroxyl groups excluding tert-OH is 1. The van der Waals surface area contributed by atoms with Gasteiger partial charge in [0.05, 0.1) is 19.2 Å². The maximum absolute atomic E-state index is 11.7. The van der Waals surface area contributed by atoms with Crippen molar-refractivity contribution in [1.29, 1.82) is 0 Å². The molecule has 0 aliphatic heterocycles. The van der Waals surface area contributed by atoms with E-state index in [0.29, 0.717) is 12.0 Å². The standard InChI is InChI=1S/C13H17BrN2O3/c1-2-11(8-17)16-12(18)7-15-13(19)9-3-5-10(14)6-4-9/h3-6,11,17H,2,7-8H2,1H3,(H,15,19)(H,16,18)/t11-/m0/s1. The van der Waals surface area contributed by atoms with E-state index in [1.807, 2.05) is 6.92 Å². The lowest BCUT2D eigenvalue weighted by atomic mass is 10.2. The van der Waals surface area contributed by atoms with E-state index < -0.39 is 0 Å². The largest absolute Gasteiger partial charge is 0.394 e. The van der Waals surface area contributed by atoms with Crippen molar-refractivity contribution >= 4 is 27.7 Å². The molecule has 0 radical (unpaired) electrons. The Bertz CT molecular complexity index is 430. The van der Waals surface area contributed by atoms with Crippen molar-refractivity contribution in [2.24, 2.45) is 0 Å². The number of rotatable bonds is 6. The fourth-order valence-corrected chi connectivity index (χ4v) is 1.68. The number of amides is 2. The van der Waals surface area contributed by atoms with Crippen LogP contribution < -0.4 is 10.6 Å². The van der Waals surface area contributed by atoms with Crippen LogP contribution in [0.4, 0.5) is 0 Å². The van der Waals surface area contributed by atoms with E-state index in [-0.39, 0.29) is 31.0 Å². The molecule has 104 valence electrons. The lowest BCUT2D eigenvalue weighted by Crippen LogP contribution is -2.43. The molecule has 3 N–H and O–H groups in total. The number of benzene rings is 1. The molecule has 6 heteroatoms. The minimum atomic E-state index is -0.314. The Balaban J connectivity index is 2.41. The molecule has 0 aliphatic rings. The summed E-state index contributed by atoms with van der Waals surface area (Å²) in [6.45, 7) is 1.65. The van der Waals surface area contributed by atoms with Crippen LogP contribution in [-0.4, -0.2) is 36.1 Å². The molecular weight excluding hydrogens is 312 g/mol. The fraction of sp³-hybridized carbons (Fsp3) is 0.385. The van der Waals surface area contributed by atoms with Crippen LogP contribution >= 0.6 is 15.9 Å². The third-order valence-electron chi connectivity index (χ3n) is 2.59. The van der Waals surface area contributed by atoms with Gasteiger partial charge in [-0.15, -0.1) is 0 Å². The summed E-state index contributed by atoms with van der Waals surface area (Å²) < 4.78 is 0.885. The summed E-state index contributed by atoms with van der Waals surface area (Å²) in [5, 5.41) is 14.1. The molecular formula is C13H17BrN2O3. The van der Waals surface area contributed by atoms with Gasteiger partial charge in [-0.05, 0) is 30.7 Å². The summed E-state index contributed by atoms with van der Waals surface area (Å²) in [4.78, 5) is 23.2. The molecule has 1 rings (SSSR count). The van der Waals surface area contributed by atoms with Gasteiger partial charge >= 0.3 is 0 Å². The van der Waals surface area contributed by atoms with Gasteiger partial charge in [0, 0.05) is 10.0 Å². The fourth-order valence-electron chi connectivity index (χ4n) is 1.42. The molecule has 1 aromatic carbocycles. The SMILES string of the molecule is CC[C@@H](CO)NC(=O)CNC(=O)c1ccc(Br)cc1. The quantitative estimate of drug-likeness (QED) is 0.730. The minimum Gasteiger partial charge on any atom is -0.394 e. The number of halogens is 1. The lowest BCUT2D eigenvalue weighted by Gasteiger charge is -2.14. The Morgan fingerprint density at radius 1 is 1.32 bits per heavy atom. The Morgan fingerprint density at radius 3 is 2.47 bits per heavy atom. The summed E-state index contributed by atoms with van der Waals surface area (Å²) in [5.74, 6) is -0.619. The Morgan fingerprint density at radius 2 is 1.95 bits per heavy atom. The Labute approximate surface area is 120 Å². The average Bonchev–Trinajstić information content (AvgIpc) is 2.43. The van der Waals surface area contributed by atoms with Gasteiger partial charge in [0.2, 0.25) is 5.91 Å². The number of carbonyl (C=O) groups excluding carboxylic acids is 2. The van der Waals surface area contributed by atoms with Crippen molar-refractivity contribution in [3.05, 3.63) is 34.3 Å². The molecule has 0 unspecified atom stereocenters. The van der Waals surface area contributed by atoms with Crippen LogP contribution in [0.3, 0.4) is 0 Å². The summed E-state index contributed by atoms with van der Waals surface area (Å²) in [6.07, 6.45) is 0.642. The average molecular weight is 329 g/mol. The van der Waals surface area contributed by atoms with E-state index in [1.165, 1.54) is 0 Å². The van der Waals surface area contributed by atoms with Gasteiger partial charge in [-0.25, -0.2) is 0 Å². The summed E-state index contributed by atoms with van der Waals surface area (Å²) in [6, 6.07) is 6.58. The highest BCUT2D eigenvalue weighted by molar-refractivity contribution is 9.10. The predicted molar refractivity (Wildman–Crippen MR) is 75.8 cm³/mol. The van der Waals surface area contributed by atoms with E-state index in [9.17, 15) is 9.59 Å². The smallest absolute Gasteiger partial charge is 0.251 e. The highest BCUT2D eigenvalue weighted by Crippen LogP contribution is 2.10.